The minimum absolute atomic E-state index is 0.00855. The van der Waals surface area contributed by atoms with Gasteiger partial charge in [-0.2, -0.15) is 0 Å². The average Bonchev–Trinajstić information content (AvgIpc) is 3.33. The predicted octanol–water partition coefficient (Wildman–Crippen LogP) is 1.13. The van der Waals surface area contributed by atoms with Gasteiger partial charge in [0.05, 0.1) is 16.3 Å². The normalized spacial score (nSPS) is 17.6. The zero-order valence-corrected chi connectivity index (χ0v) is 16.5. The molecule has 0 saturated heterocycles. The van der Waals surface area contributed by atoms with E-state index in [4.69, 9.17) is 0 Å². The Balaban J connectivity index is 1.29. The molecule has 1 aromatic carbocycles. The van der Waals surface area contributed by atoms with E-state index in [1.165, 1.54) is 27.8 Å². The lowest BCUT2D eigenvalue weighted by molar-refractivity contribution is -0.121. The van der Waals surface area contributed by atoms with Crippen LogP contribution in [0.4, 0.5) is 0 Å². The second kappa shape index (κ2) is 7.36. The second-order valence-corrected chi connectivity index (χ2v) is 9.28. The summed E-state index contributed by atoms with van der Waals surface area (Å²) in [6.45, 7) is 0.0845. The zero-order valence-electron chi connectivity index (χ0n) is 14.8. The van der Waals surface area contributed by atoms with Crippen LogP contribution in [0.2, 0.25) is 0 Å². The molecule has 0 spiro atoms. The van der Waals surface area contributed by atoms with Gasteiger partial charge in [-0.15, -0.1) is 11.3 Å². The fraction of sp³-hybridized carbons (Fsp3) is 0.278. The molecule has 0 fully saturated rings. The van der Waals surface area contributed by atoms with Crippen molar-refractivity contribution >= 4 is 39.0 Å². The standard InChI is InChI=1S/C18H18N4O4S2/c23-16(20-21-18(24)14-10-11-4-3-6-13(11)27-14)8-9-19-17-12-5-1-2-7-15(12)28(25,26)22-17/h1-2,5,7,10H,3-4,6,8-9H2,(H,19,22)(H,20,23)(H,21,24). The molecule has 0 unspecified atom stereocenters. The first-order valence-corrected chi connectivity index (χ1v) is 11.1. The number of fused-ring (bicyclic) bond motifs is 2. The molecular formula is C18H18N4O4S2. The van der Waals surface area contributed by atoms with Crippen molar-refractivity contribution in [3.05, 3.63) is 51.2 Å². The van der Waals surface area contributed by atoms with Gasteiger partial charge in [-0.3, -0.25) is 30.2 Å². The van der Waals surface area contributed by atoms with E-state index in [-0.39, 0.29) is 29.6 Å². The maximum atomic E-state index is 12.1. The largest absolute Gasteiger partial charge is 0.279 e. The lowest BCUT2D eigenvalue weighted by Crippen LogP contribution is -2.41. The number of amides is 2. The summed E-state index contributed by atoms with van der Waals surface area (Å²) in [5.41, 5.74) is 6.48. The Bertz CT molecular complexity index is 1070. The highest BCUT2D eigenvalue weighted by molar-refractivity contribution is 7.90. The molecule has 2 amide bonds. The summed E-state index contributed by atoms with van der Waals surface area (Å²) < 4.78 is 26.4. The predicted molar refractivity (Wildman–Crippen MR) is 105 cm³/mol. The Morgan fingerprint density at radius 3 is 2.82 bits per heavy atom. The number of carbonyl (C=O) groups is 2. The molecule has 8 nitrogen and oxygen atoms in total. The average molecular weight is 419 g/mol. The first-order valence-electron chi connectivity index (χ1n) is 8.81. The molecule has 10 heteroatoms. The summed E-state index contributed by atoms with van der Waals surface area (Å²) in [5.74, 6) is -0.520. The number of nitrogens with zero attached hydrogens (tertiary/aromatic N) is 1. The molecule has 3 N–H and O–H groups in total. The van der Waals surface area contributed by atoms with Crippen molar-refractivity contribution in [1.29, 1.82) is 0 Å². The van der Waals surface area contributed by atoms with Crippen LogP contribution in [0.1, 0.15) is 38.5 Å². The van der Waals surface area contributed by atoms with Crippen LogP contribution in [-0.2, 0) is 27.7 Å². The molecule has 1 aromatic heterocycles. The Morgan fingerprint density at radius 1 is 1.18 bits per heavy atom. The number of benzene rings is 1. The third kappa shape index (κ3) is 3.65. The third-order valence-electron chi connectivity index (χ3n) is 4.56. The first kappa shape index (κ1) is 18.6. The topological polar surface area (TPSA) is 117 Å². The van der Waals surface area contributed by atoms with Crippen LogP contribution < -0.4 is 15.6 Å². The van der Waals surface area contributed by atoms with Crippen LogP contribution in [0, 0.1) is 0 Å². The summed E-state index contributed by atoms with van der Waals surface area (Å²) in [4.78, 5) is 30.2. The molecule has 2 aromatic rings. The number of aryl methyl sites for hydroxylation is 2. The van der Waals surface area contributed by atoms with Crippen molar-refractivity contribution in [3.63, 3.8) is 0 Å². The van der Waals surface area contributed by atoms with Crippen LogP contribution >= 0.6 is 11.3 Å². The highest BCUT2D eigenvalue weighted by atomic mass is 32.2. The summed E-state index contributed by atoms with van der Waals surface area (Å²) in [7, 11) is -3.59. The van der Waals surface area contributed by atoms with Gasteiger partial charge in [-0.25, -0.2) is 8.42 Å². The van der Waals surface area contributed by atoms with Crippen LogP contribution in [-0.4, -0.2) is 32.6 Å². The Kier molecular flexibility index (Phi) is 4.90. The fourth-order valence-electron chi connectivity index (χ4n) is 3.21. The summed E-state index contributed by atoms with van der Waals surface area (Å²) >= 11 is 1.46. The van der Waals surface area contributed by atoms with Crippen molar-refractivity contribution in [2.45, 2.75) is 30.6 Å². The fourth-order valence-corrected chi connectivity index (χ4v) is 5.61. The number of thiophene rings is 1. The molecule has 2 aliphatic rings. The first-order chi connectivity index (χ1) is 13.4. The van der Waals surface area contributed by atoms with Crippen molar-refractivity contribution in [2.24, 2.45) is 4.99 Å². The molecule has 2 heterocycles. The van der Waals surface area contributed by atoms with Crippen molar-refractivity contribution in [1.82, 2.24) is 15.6 Å². The summed E-state index contributed by atoms with van der Waals surface area (Å²) in [5, 5.41) is 0. The number of rotatable bonds is 4. The number of carbonyl (C=O) groups excluding carboxylic acids is 2. The maximum absolute atomic E-state index is 12.1. The van der Waals surface area contributed by atoms with Gasteiger partial charge in [0.2, 0.25) is 5.91 Å². The molecule has 1 aliphatic carbocycles. The molecule has 0 saturated carbocycles. The van der Waals surface area contributed by atoms with E-state index in [0.717, 1.165) is 19.3 Å². The van der Waals surface area contributed by atoms with E-state index >= 15 is 0 Å². The van der Waals surface area contributed by atoms with Gasteiger partial charge in [0.25, 0.3) is 15.9 Å². The molecule has 1 aliphatic heterocycles. The van der Waals surface area contributed by atoms with E-state index in [9.17, 15) is 18.0 Å². The third-order valence-corrected chi connectivity index (χ3v) is 7.19. The number of hydrazine groups is 1. The van der Waals surface area contributed by atoms with E-state index in [0.29, 0.717) is 10.4 Å². The van der Waals surface area contributed by atoms with E-state index in [2.05, 4.69) is 20.6 Å². The Labute approximate surface area is 166 Å². The van der Waals surface area contributed by atoms with Gasteiger partial charge in [-0.05, 0) is 43.0 Å². The van der Waals surface area contributed by atoms with Gasteiger partial charge >= 0.3 is 0 Å². The molecule has 0 bridgehead atoms. The molecule has 4 rings (SSSR count). The van der Waals surface area contributed by atoms with Gasteiger partial charge in [-0.1, -0.05) is 12.1 Å². The summed E-state index contributed by atoms with van der Waals surface area (Å²) in [6, 6.07) is 8.40. The van der Waals surface area contributed by atoms with Gasteiger partial charge in [0, 0.05) is 16.9 Å². The minimum atomic E-state index is -3.59. The number of aliphatic imine (C=N–C) groups is 1. The number of sulfonamides is 1. The molecule has 146 valence electrons. The maximum Gasteiger partial charge on any atom is 0.279 e. The van der Waals surface area contributed by atoms with Crippen molar-refractivity contribution in [3.8, 4) is 0 Å². The number of nitrogens with one attached hydrogen (secondary N) is 3. The second-order valence-electron chi connectivity index (χ2n) is 6.50. The van der Waals surface area contributed by atoms with Gasteiger partial charge in [0.1, 0.15) is 5.84 Å². The van der Waals surface area contributed by atoms with Crippen molar-refractivity contribution < 1.29 is 18.0 Å². The van der Waals surface area contributed by atoms with E-state index in [1.54, 1.807) is 18.2 Å². The number of amidine groups is 1. The van der Waals surface area contributed by atoms with E-state index in [1.807, 2.05) is 6.07 Å². The Hall–Kier alpha value is -2.72. The monoisotopic (exact) mass is 418 g/mol. The number of hydrogen-bond acceptors (Lipinski definition) is 6. The molecule has 0 atom stereocenters. The number of hydrogen-bond donors (Lipinski definition) is 3. The summed E-state index contributed by atoms with van der Waals surface area (Å²) in [6.07, 6.45) is 3.14. The lowest BCUT2D eigenvalue weighted by atomic mass is 10.2. The minimum Gasteiger partial charge on any atom is -0.273 e. The molecule has 28 heavy (non-hydrogen) atoms. The highest BCUT2D eigenvalue weighted by Crippen LogP contribution is 2.30. The van der Waals surface area contributed by atoms with Crippen LogP contribution in [0.25, 0.3) is 0 Å². The highest BCUT2D eigenvalue weighted by Gasteiger charge is 2.30. The van der Waals surface area contributed by atoms with Gasteiger partial charge in [0.15, 0.2) is 0 Å². The van der Waals surface area contributed by atoms with Crippen molar-refractivity contribution in [2.75, 3.05) is 6.54 Å². The zero-order chi connectivity index (χ0) is 19.7. The Morgan fingerprint density at radius 2 is 2.00 bits per heavy atom. The smallest absolute Gasteiger partial charge is 0.273 e. The quantitative estimate of drug-likeness (QED) is 0.645. The van der Waals surface area contributed by atoms with Crippen LogP contribution in [0.5, 0.6) is 0 Å². The molecule has 0 radical (unpaired) electrons. The van der Waals surface area contributed by atoms with E-state index < -0.39 is 15.9 Å². The SMILES string of the molecule is O=C(CCN=C1NS(=O)(=O)c2ccccc21)NNC(=O)c1cc2c(s1)CCC2. The molecular weight excluding hydrogens is 400 g/mol. The lowest BCUT2D eigenvalue weighted by Gasteiger charge is -2.05. The van der Waals surface area contributed by atoms with Gasteiger partial charge < -0.3 is 0 Å². The van der Waals surface area contributed by atoms with Crippen LogP contribution in [0.3, 0.4) is 0 Å². The van der Waals surface area contributed by atoms with Crippen LogP contribution in [0.15, 0.2) is 40.2 Å².